The van der Waals surface area contributed by atoms with Gasteiger partial charge in [0.2, 0.25) is 11.8 Å². The van der Waals surface area contributed by atoms with Gasteiger partial charge in [-0.25, -0.2) is 0 Å². The molecule has 0 unspecified atom stereocenters. The summed E-state index contributed by atoms with van der Waals surface area (Å²) in [6, 6.07) is 0. The highest BCUT2D eigenvalue weighted by Gasteiger charge is 2.31. The van der Waals surface area contributed by atoms with Gasteiger partial charge in [-0.1, -0.05) is 0 Å². The van der Waals surface area contributed by atoms with Crippen LogP contribution in [-0.2, 0) is 14.3 Å². The molecular weight excluding hydrogens is 356 g/mol. The van der Waals surface area contributed by atoms with Crippen molar-refractivity contribution in [1.29, 1.82) is 0 Å². The van der Waals surface area contributed by atoms with E-state index in [1.807, 2.05) is 9.80 Å². The standard InChI is InChI=1S/C21H40N4O3/c1-18(26)22-8-14-25(15-9-22)21(5,6)7-16-28-17-19(27)23-10-12-24(13-11-23)20(2,3)4/h7-17H2,1-6H3. The molecule has 2 saturated heterocycles. The Labute approximate surface area is 171 Å². The Morgan fingerprint density at radius 1 is 0.786 bits per heavy atom. The number of piperazine rings is 2. The van der Waals surface area contributed by atoms with Gasteiger partial charge in [-0.2, -0.15) is 0 Å². The quantitative estimate of drug-likeness (QED) is 0.633. The van der Waals surface area contributed by atoms with Crippen molar-refractivity contribution in [2.45, 2.75) is 59.0 Å². The van der Waals surface area contributed by atoms with Crippen LogP contribution in [0.25, 0.3) is 0 Å². The van der Waals surface area contributed by atoms with Gasteiger partial charge in [0.1, 0.15) is 6.61 Å². The van der Waals surface area contributed by atoms with E-state index in [0.29, 0.717) is 6.61 Å². The van der Waals surface area contributed by atoms with Crippen molar-refractivity contribution in [3.63, 3.8) is 0 Å². The molecule has 0 aromatic rings. The lowest BCUT2D eigenvalue weighted by Gasteiger charge is -2.44. The van der Waals surface area contributed by atoms with Gasteiger partial charge in [-0.15, -0.1) is 0 Å². The number of amides is 2. The third-order valence-electron chi connectivity index (χ3n) is 6.25. The zero-order valence-electron chi connectivity index (χ0n) is 18.8. The summed E-state index contributed by atoms with van der Waals surface area (Å²) in [4.78, 5) is 32.6. The Balaban J connectivity index is 1.65. The van der Waals surface area contributed by atoms with Crippen LogP contribution in [0.1, 0.15) is 48.0 Å². The van der Waals surface area contributed by atoms with E-state index in [4.69, 9.17) is 4.74 Å². The lowest BCUT2D eigenvalue weighted by molar-refractivity contribution is -0.139. The smallest absolute Gasteiger partial charge is 0.248 e. The van der Waals surface area contributed by atoms with Crippen molar-refractivity contribution in [3.05, 3.63) is 0 Å². The van der Waals surface area contributed by atoms with Crippen LogP contribution in [0.4, 0.5) is 0 Å². The molecule has 2 fully saturated rings. The third kappa shape index (κ3) is 6.42. The molecule has 0 N–H and O–H groups in total. The predicted octanol–water partition coefficient (Wildman–Crippen LogP) is 1.28. The molecule has 0 aromatic heterocycles. The zero-order chi connectivity index (χ0) is 20.9. The molecule has 7 heteroatoms. The SMILES string of the molecule is CC(=O)N1CCN(C(C)(C)CCOCC(=O)N2CCN(C(C)(C)C)CC2)CC1. The number of carbonyl (C=O) groups excluding carboxylic acids is 2. The summed E-state index contributed by atoms with van der Waals surface area (Å²) in [5.41, 5.74) is 0.164. The van der Waals surface area contributed by atoms with Crippen molar-refractivity contribution in [3.8, 4) is 0 Å². The van der Waals surface area contributed by atoms with Crippen molar-refractivity contribution in [2.24, 2.45) is 0 Å². The molecule has 28 heavy (non-hydrogen) atoms. The summed E-state index contributed by atoms with van der Waals surface area (Å²) in [6.07, 6.45) is 0.873. The van der Waals surface area contributed by atoms with E-state index in [1.165, 1.54) is 0 Å². The number of hydrogen-bond donors (Lipinski definition) is 0. The lowest BCUT2D eigenvalue weighted by atomic mass is 9.97. The summed E-state index contributed by atoms with van der Waals surface area (Å²) >= 11 is 0. The van der Waals surface area contributed by atoms with Gasteiger partial charge in [0, 0.05) is 77.0 Å². The molecule has 2 amide bonds. The Bertz CT molecular complexity index is 528. The molecule has 7 nitrogen and oxygen atoms in total. The maximum atomic E-state index is 12.4. The number of rotatable bonds is 6. The second-order valence-corrected chi connectivity index (χ2v) is 9.65. The molecule has 2 rings (SSSR count). The van der Waals surface area contributed by atoms with E-state index in [2.05, 4.69) is 44.4 Å². The average molecular weight is 397 g/mol. The van der Waals surface area contributed by atoms with Gasteiger partial charge >= 0.3 is 0 Å². The van der Waals surface area contributed by atoms with Crippen molar-refractivity contribution in [2.75, 3.05) is 65.6 Å². The Kier molecular flexibility index (Phi) is 7.88. The third-order valence-corrected chi connectivity index (χ3v) is 6.25. The normalized spacial score (nSPS) is 20.5. The molecule has 0 saturated carbocycles. The number of ether oxygens (including phenoxy) is 1. The van der Waals surface area contributed by atoms with E-state index < -0.39 is 0 Å². The maximum Gasteiger partial charge on any atom is 0.248 e. The molecule has 0 aromatic carbocycles. The van der Waals surface area contributed by atoms with Crippen LogP contribution in [0.3, 0.4) is 0 Å². The molecule has 0 atom stereocenters. The van der Waals surface area contributed by atoms with Crippen LogP contribution in [0.15, 0.2) is 0 Å². The fraction of sp³-hybridized carbons (Fsp3) is 0.905. The minimum Gasteiger partial charge on any atom is -0.372 e. The van der Waals surface area contributed by atoms with Crippen molar-refractivity contribution in [1.82, 2.24) is 19.6 Å². The van der Waals surface area contributed by atoms with E-state index in [9.17, 15) is 9.59 Å². The summed E-state index contributed by atoms with van der Waals surface area (Å²) in [7, 11) is 0. The summed E-state index contributed by atoms with van der Waals surface area (Å²) in [5, 5.41) is 0. The lowest BCUT2D eigenvalue weighted by Crippen LogP contribution is -2.56. The molecule has 0 bridgehead atoms. The van der Waals surface area contributed by atoms with Crippen LogP contribution in [0, 0.1) is 0 Å². The Hall–Kier alpha value is -1.18. The van der Waals surface area contributed by atoms with Gasteiger partial charge < -0.3 is 14.5 Å². The number of carbonyl (C=O) groups is 2. The minimum absolute atomic E-state index is 0.00423. The molecule has 0 radical (unpaired) electrons. The van der Waals surface area contributed by atoms with E-state index in [1.54, 1.807) is 6.92 Å². The first-order chi connectivity index (χ1) is 13.0. The second kappa shape index (κ2) is 9.55. The molecule has 0 aliphatic carbocycles. The Morgan fingerprint density at radius 3 is 1.79 bits per heavy atom. The van der Waals surface area contributed by atoms with Crippen LogP contribution >= 0.6 is 0 Å². The Morgan fingerprint density at radius 2 is 1.29 bits per heavy atom. The summed E-state index contributed by atoms with van der Waals surface area (Å²) < 4.78 is 5.73. The fourth-order valence-corrected chi connectivity index (χ4v) is 3.98. The van der Waals surface area contributed by atoms with Crippen molar-refractivity contribution >= 4 is 11.8 Å². The van der Waals surface area contributed by atoms with Crippen LogP contribution in [-0.4, -0.2) is 108 Å². The first-order valence-electron chi connectivity index (χ1n) is 10.6. The second-order valence-electron chi connectivity index (χ2n) is 9.65. The van der Waals surface area contributed by atoms with E-state index in [-0.39, 0.29) is 29.5 Å². The van der Waals surface area contributed by atoms with Crippen LogP contribution < -0.4 is 0 Å². The highest BCUT2D eigenvalue weighted by Crippen LogP contribution is 2.21. The van der Waals surface area contributed by atoms with Gasteiger partial charge in [0.25, 0.3) is 0 Å². The van der Waals surface area contributed by atoms with E-state index in [0.717, 1.165) is 58.8 Å². The number of hydrogen-bond acceptors (Lipinski definition) is 5. The molecular formula is C21H40N4O3. The van der Waals surface area contributed by atoms with Gasteiger partial charge in [-0.05, 0) is 41.0 Å². The first kappa shape index (κ1) is 23.1. The minimum atomic E-state index is 0.00423. The predicted molar refractivity (Wildman–Crippen MR) is 111 cm³/mol. The van der Waals surface area contributed by atoms with Crippen LogP contribution in [0.2, 0.25) is 0 Å². The monoisotopic (exact) mass is 396 g/mol. The zero-order valence-corrected chi connectivity index (χ0v) is 18.8. The maximum absolute atomic E-state index is 12.4. The average Bonchev–Trinajstić information content (AvgIpc) is 2.64. The first-order valence-corrected chi connectivity index (χ1v) is 10.6. The fourth-order valence-electron chi connectivity index (χ4n) is 3.98. The molecule has 2 aliphatic heterocycles. The van der Waals surface area contributed by atoms with Crippen LogP contribution in [0.5, 0.6) is 0 Å². The summed E-state index contributed by atoms with van der Waals surface area (Å²) in [5.74, 6) is 0.254. The topological polar surface area (TPSA) is 56.3 Å². The molecule has 2 heterocycles. The highest BCUT2D eigenvalue weighted by atomic mass is 16.5. The van der Waals surface area contributed by atoms with E-state index >= 15 is 0 Å². The molecule has 2 aliphatic rings. The van der Waals surface area contributed by atoms with Crippen molar-refractivity contribution < 1.29 is 14.3 Å². The van der Waals surface area contributed by atoms with Gasteiger partial charge in [0.05, 0.1) is 0 Å². The molecule has 0 spiro atoms. The van der Waals surface area contributed by atoms with Gasteiger partial charge in [-0.3, -0.25) is 19.4 Å². The number of nitrogens with zero attached hydrogens (tertiary/aromatic N) is 4. The summed E-state index contributed by atoms with van der Waals surface area (Å²) in [6.45, 7) is 20.2. The molecule has 162 valence electrons. The highest BCUT2D eigenvalue weighted by molar-refractivity contribution is 5.77. The largest absolute Gasteiger partial charge is 0.372 e. The van der Waals surface area contributed by atoms with Gasteiger partial charge in [0.15, 0.2) is 0 Å².